The zero-order valence-corrected chi connectivity index (χ0v) is 18.2. The van der Waals surface area contributed by atoms with Gasteiger partial charge in [0.1, 0.15) is 0 Å². The van der Waals surface area contributed by atoms with Gasteiger partial charge < -0.3 is 9.47 Å². The molecule has 0 aromatic heterocycles. The lowest BCUT2D eigenvalue weighted by atomic mass is 10.1. The van der Waals surface area contributed by atoms with Gasteiger partial charge >= 0.3 is 0 Å². The molecule has 1 aliphatic heterocycles. The maximum Gasteiger partial charge on any atom is 0.239 e. The summed E-state index contributed by atoms with van der Waals surface area (Å²) in [5.41, 5.74) is 1.81. The molecule has 1 fully saturated rings. The molecule has 2 aromatic rings. The zero-order valence-electron chi connectivity index (χ0n) is 15.9. The average molecular weight is 452 g/mol. The minimum absolute atomic E-state index is 0.0129. The summed E-state index contributed by atoms with van der Waals surface area (Å²) in [4.78, 5) is 13.9. The van der Waals surface area contributed by atoms with Gasteiger partial charge in [-0.1, -0.05) is 47.1 Å². The van der Waals surface area contributed by atoms with Crippen molar-refractivity contribution < 1.29 is 14.3 Å². The molecule has 152 valence electrons. The van der Waals surface area contributed by atoms with Crippen LogP contribution in [0, 0.1) is 0 Å². The number of benzene rings is 2. The van der Waals surface area contributed by atoms with E-state index in [2.05, 4.69) is 10.2 Å². The fourth-order valence-corrected chi connectivity index (χ4v) is 3.88. The summed E-state index contributed by atoms with van der Waals surface area (Å²) in [6.07, 6.45) is 2.23. The first-order valence-electron chi connectivity index (χ1n) is 8.72. The summed E-state index contributed by atoms with van der Waals surface area (Å²) in [7, 11) is 3.19. The summed E-state index contributed by atoms with van der Waals surface area (Å²) in [6, 6.07) is 10.9. The standard InChI is InChI=1S/C20H19Cl2N3O3S/c1-27-17-6-4-13(10-18(17)28-2)7-8-25-19(26)12-29-20(25)24-23-11-14-3-5-15(21)16(22)9-14/h3-6,9-11H,7-8,12H2,1-2H3/b23-11+,24-20-. The smallest absolute Gasteiger partial charge is 0.239 e. The highest BCUT2D eigenvalue weighted by Crippen LogP contribution is 2.28. The molecule has 0 radical (unpaired) electrons. The van der Waals surface area contributed by atoms with Crippen molar-refractivity contribution >= 4 is 52.3 Å². The van der Waals surface area contributed by atoms with Crippen LogP contribution in [0.2, 0.25) is 10.0 Å². The molecule has 1 amide bonds. The maximum absolute atomic E-state index is 12.2. The second-order valence-electron chi connectivity index (χ2n) is 6.07. The number of carbonyl (C=O) groups excluding carboxylic acids is 1. The highest BCUT2D eigenvalue weighted by atomic mass is 35.5. The highest BCUT2D eigenvalue weighted by molar-refractivity contribution is 8.15. The molecule has 0 N–H and O–H groups in total. The molecule has 6 nitrogen and oxygen atoms in total. The van der Waals surface area contributed by atoms with Crippen molar-refractivity contribution in [3.05, 3.63) is 57.6 Å². The van der Waals surface area contributed by atoms with E-state index in [1.54, 1.807) is 43.5 Å². The van der Waals surface area contributed by atoms with Crippen molar-refractivity contribution in [2.75, 3.05) is 26.5 Å². The number of amides is 1. The normalized spacial score (nSPS) is 15.5. The van der Waals surface area contributed by atoms with Gasteiger partial charge in [0.25, 0.3) is 0 Å². The molecule has 1 heterocycles. The molecule has 9 heteroatoms. The third-order valence-electron chi connectivity index (χ3n) is 4.22. The molecule has 1 aliphatic rings. The Morgan fingerprint density at radius 1 is 1.10 bits per heavy atom. The number of hydrogen-bond donors (Lipinski definition) is 0. The first-order valence-corrected chi connectivity index (χ1v) is 10.5. The predicted octanol–water partition coefficient (Wildman–Crippen LogP) is 4.52. The summed E-state index contributed by atoms with van der Waals surface area (Å²) in [6.45, 7) is 0.502. The van der Waals surface area contributed by atoms with Crippen LogP contribution in [-0.2, 0) is 11.2 Å². The summed E-state index contributed by atoms with van der Waals surface area (Å²) >= 11 is 13.3. The maximum atomic E-state index is 12.2. The van der Waals surface area contributed by atoms with Crippen LogP contribution in [0.4, 0.5) is 0 Å². The Morgan fingerprint density at radius 3 is 2.62 bits per heavy atom. The molecule has 0 aliphatic carbocycles. The van der Waals surface area contributed by atoms with E-state index in [-0.39, 0.29) is 5.91 Å². The van der Waals surface area contributed by atoms with Crippen molar-refractivity contribution in [1.82, 2.24) is 4.90 Å². The van der Waals surface area contributed by atoms with E-state index >= 15 is 0 Å². The van der Waals surface area contributed by atoms with E-state index in [0.29, 0.717) is 45.4 Å². The lowest BCUT2D eigenvalue weighted by Gasteiger charge is -2.16. The highest BCUT2D eigenvalue weighted by Gasteiger charge is 2.28. The topological polar surface area (TPSA) is 63.5 Å². The largest absolute Gasteiger partial charge is 0.493 e. The number of thioether (sulfide) groups is 1. The number of methoxy groups -OCH3 is 2. The van der Waals surface area contributed by atoms with Crippen molar-refractivity contribution in [2.24, 2.45) is 10.2 Å². The number of halogens is 2. The molecular formula is C20H19Cl2N3O3S. The van der Waals surface area contributed by atoms with Crippen molar-refractivity contribution in [2.45, 2.75) is 6.42 Å². The Hall–Kier alpha value is -2.22. The molecule has 29 heavy (non-hydrogen) atoms. The molecule has 0 unspecified atom stereocenters. The number of rotatable bonds is 7. The number of ether oxygens (including phenoxy) is 2. The van der Waals surface area contributed by atoms with Gasteiger partial charge in [-0.05, 0) is 41.8 Å². The number of amidine groups is 1. The second-order valence-corrected chi connectivity index (χ2v) is 7.83. The lowest BCUT2D eigenvalue weighted by Crippen LogP contribution is -2.31. The van der Waals surface area contributed by atoms with Gasteiger partial charge in [0.05, 0.1) is 36.2 Å². The van der Waals surface area contributed by atoms with Gasteiger partial charge in [-0.15, -0.1) is 5.10 Å². The monoisotopic (exact) mass is 451 g/mol. The summed E-state index contributed by atoms with van der Waals surface area (Å²) in [5.74, 6) is 1.70. The van der Waals surface area contributed by atoms with Crippen LogP contribution in [0.5, 0.6) is 11.5 Å². The first kappa shape index (κ1) is 21.5. The molecule has 0 spiro atoms. The van der Waals surface area contributed by atoms with Crippen LogP contribution < -0.4 is 9.47 Å². The molecule has 0 atom stereocenters. The molecule has 3 rings (SSSR count). The number of nitrogens with zero attached hydrogens (tertiary/aromatic N) is 3. The van der Waals surface area contributed by atoms with Crippen LogP contribution >= 0.6 is 35.0 Å². The Kier molecular flexibility index (Phi) is 7.41. The third kappa shape index (κ3) is 5.44. The van der Waals surface area contributed by atoms with Crippen LogP contribution in [0.15, 0.2) is 46.6 Å². The Labute approximate surface area is 183 Å². The van der Waals surface area contributed by atoms with E-state index in [0.717, 1.165) is 11.1 Å². The van der Waals surface area contributed by atoms with Crippen LogP contribution in [0.3, 0.4) is 0 Å². The van der Waals surface area contributed by atoms with Gasteiger partial charge in [0.15, 0.2) is 16.7 Å². The predicted molar refractivity (Wildman–Crippen MR) is 119 cm³/mol. The van der Waals surface area contributed by atoms with Crippen molar-refractivity contribution in [1.29, 1.82) is 0 Å². The third-order valence-corrected chi connectivity index (χ3v) is 5.91. The van der Waals surface area contributed by atoms with Gasteiger partial charge in [0.2, 0.25) is 5.91 Å². The van der Waals surface area contributed by atoms with E-state index in [1.165, 1.54) is 11.8 Å². The first-order chi connectivity index (χ1) is 14.0. The molecule has 1 saturated heterocycles. The Bertz CT molecular complexity index is 966. The average Bonchev–Trinajstić information content (AvgIpc) is 3.08. The second kappa shape index (κ2) is 10.0. The van der Waals surface area contributed by atoms with Gasteiger partial charge in [-0.3, -0.25) is 9.69 Å². The van der Waals surface area contributed by atoms with Crippen LogP contribution in [0.1, 0.15) is 11.1 Å². The lowest BCUT2D eigenvalue weighted by molar-refractivity contribution is -0.124. The minimum atomic E-state index is 0.0129. The Balaban J connectivity index is 1.67. The van der Waals surface area contributed by atoms with E-state index in [1.807, 2.05) is 18.2 Å². The fourth-order valence-electron chi connectivity index (χ4n) is 2.71. The molecule has 0 bridgehead atoms. The molecule has 2 aromatic carbocycles. The molecular weight excluding hydrogens is 433 g/mol. The summed E-state index contributed by atoms with van der Waals surface area (Å²) in [5, 5.41) is 9.81. The van der Waals surface area contributed by atoms with E-state index < -0.39 is 0 Å². The van der Waals surface area contributed by atoms with Crippen LogP contribution in [-0.4, -0.2) is 48.7 Å². The fraction of sp³-hybridized carbons (Fsp3) is 0.250. The molecule has 0 saturated carbocycles. The van der Waals surface area contributed by atoms with E-state index in [4.69, 9.17) is 32.7 Å². The summed E-state index contributed by atoms with van der Waals surface area (Å²) < 4.78 is 10.6. The van der Waals surface area contributed by atoms with Gasteiger partial charge in [-0.25, -0.2) is 0 Å². The zero-order chi connectivity index (χ0) is 20.8. The van der Waals surface area contributed by atoms with Crippen molar-refractivity contribution in [3.8, 4) is 11.5 Å². The number of hydrogen-bond acceptors (Lipinski definition) is 6. The SMILES string of the molecule is COc1ccc(CCN2C(=O)CS/C2=N\N=C\c2ccc(Cl)c(Cl)c2)cc1OC. The minimum Gasteiger partial charge on any atom is -0.493 e. The number of carbonyl (C=O) groups is 1. The van der Waals surface area contributed by atoms with Gasteiger partial charge in [-0.2, -0.15) is 5.10 Å². The Morgan fingerprint density at radius 2 is 1.90 bits per heavy atom. The van der Waals surface area contributed by atoms with Crippen molar-refractivity contribution in [3.63, 3.8) is 0 Å². The quantitative estimate of drug-likeness (QED) is 0.458. The van der Waals surface area contributed by atoms with Gasteiger partial charge in [0, 0.05) is 6.54 Å². The van der Waals surface area contributed by atoms with Crippen LogP contribution in [0.25, 0.3) is 0 Å². The van der Waals surface area contributed by atoms with E-state index in [9.17, 15) is 4.79 Å².